The van der Waals surface area contributed by atoms with Gasteiger partial charge in [0.1, 0.15) is 0 Å². The zero-order valence-corrected chi connectivity index (χ0v) is 8.39. The van der Waals surface area contributed by atoms with Gasteiger partial charge in [0.15, 0.2) is 0 Å². The molecule has 14 heavy (non-hydrogen) atoms. The lowest BCUT2D eigenvalue weighted by atomic mass is 10.1. The number of halogens is 2. The summed E-state index contributed by atoms with van der Waals surface area (Å²) in [5.41, 5.74) is 0.975. The van der Waals surface area contributed by atoms with Gasteiger partial charge in [0, 0.05) is 7.11 Å². The Labute approximate surface area is 82.7 Å². The monoisotopic (exact) mass is 200 g/mol. The van der Waals surface area contributed by atoms with Crippen molar-refractivity contribution < 1.29 is 13.5 Å². The van der Waals surface area contributed by atoms with Crippen molar-refractivity contribution in [1.29, 1.82) is 0 Å². The minimum Gasteiger partial charge on any atom is -0.320 e. The van der Waals surface area contributed by atoms with Crippen LogP contribution in [-0.2, 0) is 17.3 Å². The van der Waals surface area contributed by atoms with Crippen LogP contribution in [0.4, 0.5) is 8.78 Å². The third-order valence-corrected chi connectivity index (χ3v) is 2.09. The minimum atomic E-state index is -3.18. The lowest BCUT2D eigenvalue weighted by Crippen LogP contribution is -2.15. The number of alkyl halides is 2. The zero-order chi connectivity index (χ0) is 10.6. The SMILES string of the molecule is CCCc1ccc(C(F)(F)OC)cc1. The summed E-state index contributed by atoms with van der Waals surface area (Å²) < 4.78 is 30.1. The van der Waals surface area contributed by atoms with Crippen LogP contribution >= 0.6 is 0 Å². The van der Waals surface area contributed by atoms with Crippen molar-refractivity contribution in [2.24, 2.45) is 0 Å². The van der Waals surface area contributed by atoms with Crippen molar-refractivity contribution in [2.45, 2.75) is 25.9 Å². The molecule has 0 unspecified atom stereocenters. The van der Waals surface area contributed by atoms with E-state index in [0.717, 1.165) is 25.5 Å². The van der Waals surface area contributed by atoms with Gasteiger partial charge in [-0.1, -0.05) is 37.6 Å². The van der Waals surface area contributed by atoms with E-state index in [-0.39, 0.29) is 5.56 Å². The summed E-state index contributed by atoms with van der Waals surface area (Å²) in [5.74, 6) is 0. The Hall–Kier alpha value is -0.960. The van der Waals surface area contributed by atoms with Gasteiger partial charge in [-0.15, -0.1) is 0 Å². The van der Waals surface area contributed by atoms with E-state index < -0.39 is 6.11 Å². The minimum absolute atomic E-state index is 0.0974. The predicted octanol–water partition coefficient (Wildman–Crippen LogP) is 3.33. The topological polar surface area (TPSA) is 9.23 Å². The molecular weight excluding hydrogens is 186 g/mol. The summed E-state index contributed by atoms with van der Waals surface area (Å²) in [6.07, 6.45) is -1.25. The quantitative estimate of drug-likeness (QED) is 0.724. The Bertz CT molecular complexity index is 280. The molecule has 0 aliphatic rings. The van der Waals surface area contributed by atoms with E-state index in [0.29, 0.717) is 0 Å². The number of hydrogen-bond donors (Lipinski definition) is 0. The first-order valence-electron chi connectivity index (χ1n) is 4.62. The standard InChI is InChI=1S/C11H14F2O/c1-3-4-9-5-7-10(8-6-9)11(12,13)14-2/h5-8H,3-4H2,1-2H3. The van der Waals surface area contributed by atoms with Gasteiger partial charge in [-0.3, -0.25) is 0 Å². The van der Waals surface area contributed by atoms with E-state index in [1.807, 2.05) is 0 Å². The molecular formula is C11H14F2O. The largest absolute Gasteiger partial charge is 0.383 e. The first kappa shape index (κ1) is 11.1. The Morgan fingerprint density at radius 2 is 1.79 bits per heavy atom. The Morgan fingerprint density at radius 1 is 1.21 bits per heavy atom. The average molecular weight is 200 g/mol. The average Bonchev–Trinajstić information content (AvgIpc) is 2.19. The highest BCUT2D eigenvalue weighted by atomic mass is 19.3. The Kier molecular flexibility index (Phi) is 3.58. The molecule has 0 aliphatic carbocycles. The van der Waals surface area contributed by atoms with E-state index in [1.54, 1.807) is 12.1 Å². The van der Waals surface area contributed by atoms with E-state index in [1.165, 1.54) is 12.1 Å². The molecule has 1 nitrogen and oxygen atoms in total. The molecule has 0 radical (unpaired) electrons. The molecule has 0 heterocycles. The Balaban J connectivity index is 2.82. The van der Waals surface area contributed by atoms with Gasteiger partial charge in [-0.25, -0.2) is 0 Å². The molecule has 0 atom stereocenters. The van der Waals surface area contributed by atoms with E-state index >= 15 is 0 Å². The number of methoxy groups -OCH3 is 1. The summed E-state index contributed by atoms with van der Waals surface area (Å²) in [5, 5.41) is 0. The fraction of sp³-hybridized carbons (Fsp3) is 0.455. The van der Waals surface area contributed by atoms with Crippen molar-refractivity contribution in [1.82, 2.24) is 0 Å². The molecule has 0 bridgehead atoms. The second kappa shape index (κ2) is 4.51. The second-order valence-electron chi connectivity index (χ2n) is 3.17. The van der Waals surface area contributed by atoms with Crippen LogP contribution in [0.2, 0.25) is 0 Å². The van der Waals surface area contributed by atoms with Gasteiger partial charge in [0.25, 0.3) is 0 Å². The van der Waals surface area contributed by atoms with E-state index in [9.17, 15) is 8.78 Å². The van der Waals surface area contributed by atoms with Crippen LogP contribution in [0.5, 0.6) is 0 Å². The van der Waals surface area contributed by atoms with Crippen molar-refractivity contribution >= 4 is 0 Å². The highest BCUT2D eigenvalue weighted by Gasteiger charge is 2.30. The fourth-order valence-corrected chi connectivity index (χ4v) is 1.27. The number of aryl methyl sites for hydroxylation is 1. The third kappa shape index (κ3) is 2.51. The van der Waals surface area contributed by atoms with Crippen LogP contribution in [0, 0.1) is 0 Å². The van der Waals surface area contributed by atoms with Crippen LogP contribution in [0.15, 0.2) is 24.3 Å². The smallest absolute Gasteiger partial charge is 0.320 e. The van der Waals surface area contributed by atoms with Gasteiger partial charge < -0.3 is 4.74 Å². The normalized spacial score (nSPS) is 11.7. The Morgan fingerprint density at radius 3 is 2.21 bits per heavy atom. The van der Waals surface area contributed by atoms with E-state index in [4.69, 9.17) is 0 Å². The number of hydrogen-bond acceptors (Lipinski definition) is 1. The van der Waals surface area contributed by atoms with E-state index in [2.05, 4.69) is 11.7 Å². The number of ether oxygens (including phenoxy) is 1. The summed E-state index contributed by atoms with van der Waals surface area (Å²) in [6, 6.07) is 6.25. The summed E-state index contributed by atoms with van der Waals surface area (Å²) in [4.78, 5) is 0. The van der Waals surface area contributed by atoms with Crippen molar-refractivity contribution in [2.75, 3.05) is 7.11 Å². The highest BCUT2D eigenvalue weighted by Crippen LogP contribution is 2.28. The molecule has 0 saturated heterocycles. The maximum Gasteiger partial charge on any atom is 0.383 e. The molecule has 0 spiro atoms. The zero-order valence-electron chi connectivity index (χ0n) is 8.39. The summed E-state index contributed by atoms with van der Waals surface area (Å²) in [6.45, 7) is 2.05. The number of benzene rings is 1. The lowest BCUT2D eigenvalue weighted by Gasteiger charge is -2.14. The molecule has 0 saturated carbocycles. The molecule has 0 fully saturated rings. The summed E-state index contributed by atoms with van der Waals surface area (Å²) in [7, 11) is 1.000. The third-order valence-electron chi connectivity index (χ3n) is 2.09. The molecule has 0 N–H and O–H groups in total. The van der Waals surface area contributed by atoms with Crippen molar-refractivity contribution in [3.8, 4) is 0 Å². The number of rotatable bonds is 4. The highest BCUT2D eigenvalue weighted by molar-refractivity contribution is 5.24. The first-order valence-corrected chi connectivity index (χ1v) is 4.62. The fourth-order valence-electron chi connectivity index (χ4n) is 1.27. The molecule has 1 aromatic carbocycles. The molecule has 78 valence electrons. The molecule has 0 aromatic heterocycles. The second-order valence-corrected chi connectivity index (χ2v) is 3.17. The van der Waals surface area contributed by atoms with Gasteiger partial charge in [0.05, 0.1) is 5.56 Å². The molecule has 0 amide bonds. The van der Waals surface area contributed by atoms with Gasteiger partial charge >= 0.3 is 6.11 Å². The van der Waals surface area contributed by atoms with Crippen LogP contribution in [0.25, 0.3) is 0 Å². The van der Waals surface area contributed by atoms with Crippen LogP contribution in [0.1, 0.15) is 24.5 Å². The lowest BCUT2D eigenvalue weighted by molar-refractivity contribution is -0.231. The van der Waals surface area contributed by atoms with Crippen LogP contribution < -0.4 is 0 Å². The molecule has 3 heteroatoms. The molecule has 1 aromatic rings. The predicted molar refractivity (Wildman–Crippen MR) is 51.3 cm³/mol. The summed E-state index contributed by atoms with van der Waals surface area (Å²) >= 11 is 0. The maximum absolute atomic E-state index is 13.0. The first-order chi connectivity index (χ1) is 6.60. The van der Waals surface area contributed by atoms with Gasteiger partial charge in [-0.05, 0) is 12.0 Å². The van der Waals surface area contributed by atoms with Crippen molar-refractivity contribution in [3.63, 3.8) is 0 Å². The maximum atomic E-state index is 13.0. The molecule has 1 rings (SSSR count). The van der Waals surface area contributed by atoms with Gasteiger partial charge in [-0.2, -0.15) is 8.78 Å². The molecule has 0 aliphatic heterocycles. The van der Waals surface area contributed by atoms with Crippen LogP contribution in [-0.4, -0.2) is 7.11 Å². The van der Waals surface area contributed by atoms with Crippen molar-refractivity contribution in [3.05, 3.63) is 35.4 Å². The van der Waals surface area contributed by atoms with Crippen LogP contribution in [0.3, 0.4) is 0 Å². The van der Waals surface area contributed by atoms with Gasteiger partial charge in [0.2, 0.25) is 0 Å².